The Hall–Kier alpha value is -1.43. The van der Waals surface area contributed by atoms with Gasteiger partial charge in [0.2, 0.25) is 0 Å². The van der Waals surface area contributed by atoms with Crippen molar-refractivity contribution >= 4 is 17.4 Å². The first-order valence-corrected chi connectivity index (χ1v) is 6.04. The lowest BCUT2D eigenvalue weighted by atomic mass is 10.4. The third kappa shape index (κ3) is 2.06. The summed E-state index contributed by atoms with van der Waals surface area (Å²) in [6.45, 7) is 4.92. The number of nitrogens with one attached hydrogen (secondary N) is 1. The first-order chi connectivity index (χ1) is 7.72. The standard InChI is InChI=1S/C10H15N5S/c1-3-6-15-9(8(11)7(2)14-15)16-10-12-4-5-13-10/h4-5H,3,6,11H2,1-2H3,(H,12,13). The summed E-state index contributed by atoms with van der Waals surface area (Å²) in [7, 11) is 0. The van der Waals surface area contributed by atoms with Crippen molar-refractivity contribution in [3.05, 3.63) is 18.1 Å². The van der Waals surface area contributed by atoms with Gasteiger partial charge >= 0.3 is 0 Å². The van der Waals surface area contributed by atoms with Gasteiger partial charge in [0, 0.05) is 18.9 Å². The molecule has 16 heavy (non-hydrogen) atoms. The molecule has 0 atom stereocenters. The van der Waals surface area contributed by atoms with E-state index in [1.807, 2.05) is 11.6 Å². The smallest absolute Gasteiger partial charge is 0.171 e. The molecule has 0 fully saturated rings. The van der Waals surface area contributed by atoms with Gasteiger partial charge in [0.1, 0.15) is 5.03 Å². The molecule has 0 radical (unpaired) electrons. The predicted molar refractivity (Wildman–Crippen MR) is 64.4 cm³/mol. The number of H-pyrrole nitrogens is 1. The van der Waals surface area contributed by atoms with Crippen LogP contribution in [0.1, 0.15) is 19.0 Å². The lowest BCUT2D eigenvalue weighted by molar-refractivity contribution is 0.555. The van der Waals surface area contributed by atoms with Crippen LogP contribution in [0.5, 0.6) is 0 Å². The van der Waals surface area contributed by atoms with Crippen LogP contribution in [0, 0.1) is 6.92 Å². The van der Waals surface area contributed by atoms with Gasteiger partial charge in [0.05, 0.1) is 11.4 Å². The fraction of sp³-hybridized carbons (Fsp3) is 0.400. The molecule has 0 spiro atoms. The maximum Gasteiger partial charge on any atom is 0.171 e. The molecule has 0 bridgehead atoms. The number of nitrogen functional groups attached to an aromatic ring is 1. The van der Waals surface area contributed by atoms with Crippen LogP contribution in [0.25, 0.3) is 0 Å². The fourth-order valence-corrected chi connectivity index (χ4v) is 2.36. The van der Waals surface area contributed by atoms with Crippen molar-refractivity contribution in [1.82, 2.24) is 19.7 Å². The second-order valence-electron chi connectivity index (χ2n) is 3.52. The van der Waals surface area contributed by atoms with Crippen LogP contribution in [-0.4, -0.2) is 19.7 Å². The number of hydrogen-bond acceptors (Lipinski definition) is 4. The number of hydrogen-bond donors (Lipinski definition) is 2. The van der Waals surface area contributed by atoms with Gasteiger partial charge < -0.3 is 10.7 Å². The Bertz CT molecular complexity index is 460. The third-order valence-corrected chi connectivity index (χ3v) is 3.27. The number of aryl methyl sites for hydroxylation is 2. The number of aromatic amines is 1. The first kappa shape index (κ1) is 11.1. The van der Waals surface area contributed by atoms with Crippen LogP contribution in [0.3, 0.4) is 0 Å². The zero-order valence-corrected chi connectivity index (χ0v) is 10.2. The van der Waals surface area contributed by atoms with Gasteiger partial charge in [-0.3, -0.25) is 4.68 Å². The van der Waals surface area contributed by atoms with E-state index in [1.165, 1.54) is 11.8 Å². The molecule has 3 N–H and O–H groups in total. The largest absolute Gasteiger partial charge is 0.395 e. The Labute approximate surface area is 98.4 Å². The molecule has 2 aromatic rings. The van der Waals surface area contributed by atoms with E-state index in [0.717, 1.165) is 34.5 Å². The second kappa shape index (κ2) is 4.61. The summed E-state index contributed by atoms with van der Waals surface area (Å²) in [4.78, 5) is 7.22. The zero-order chi connectivity index (χ0) is 11.5. The minimum Gasteiger partial charge on any atom is -0.395 e. The van der Waals surface area contributed by atoms with E-state index in [2.05, 4.69) is 22.0 Å². The fourth-order valence-electron chi connectivity index (χ4n) is 1.44. The van der Waals surface area contributed by atoms with Crippen LogP contribution < -0.4 is 5.73 Å². The lowest BCUT2D eigenvalue weighted by Crippen LogP contribution is -2.01. The summed E-state index contributed by atoms with van der Waals surface area (Å²) >= 11 is 1.52. The predicted octanol–water partition coefficient (Wildman–Crippen LogP) is 2.06. The normalized spacial score (nSPS) is 10.9. The monoisotopic (exact) mass is 237 g/mol. The summed E-state index contributed by atoms with van der Waals surface area (Å²) < 4.78 is 1.94. The van der Waals surface area contributed by atoms with E-state index < -0.39 is 0 Å². The quantitative estimate of drug-likeness (QED) is 0.853. The van der Waals surface area contributed by atoms with Crippen molar-refractivity contribution in [2.75, 3.05) is 5.73 Å². The maximum absolute atomic E-state index is 6.00. The topological polar surface area (TPSA) is 72.5 Å². The molecule has 0 saturated heterocycles. The molecule has 2 heterocycles. The SMILES string of the molecule is CCCn1nc(C)c(N)c1Sc1ncc[nH]1. The highest BCUT2D eigenvalue weighted by Gasteiger charge is 2.14. The van der Waals surface area contributed by atoms with Gasteiger partial charge in [0.15, 0.2) is 5.16 Å². The van der Waals surface area contributed by atoms with E-state index in [0.29, 0.717) is 0 Å². The van der Waals surface area contributed by atoms with Gasteiger partial charge in [-0.1, -0.05) is 6.92 Å². The van der Waals surface area contributed by atoms with Crippen LogP contribution in [-0.2, 0) is 6.54 Å². The van der Waals surface area contributed by atoms with Gasteiger partial charge in [-0.15, -0.1) is 0 Å². The molecule has 0 aliphatic rings. The first-order valence-electron chi connectivity index (χ1n) is 5.22. The summed E-state index contributed by atoms with van der Waals surface area (Å²) in [5.41, 5.74) is 7.63. The second-order valence-corrected chi connectivity index (χ2v) is 4.50. The summed E-state index contributed by atoms with van der Waals surface area (Å²) in [5.74, 6) is 0. The molecular weight excluding hydrogens is 222 g/mol. The molecule has 0 aliphatic carbocycles. The molecule has 0 unspecified atom stereocenters. The zero-order valence-electron chi connectivity index (χ0n) is 9.40. The number of nitrogens with two attached hydrogens (primary N) is 1. The van der Waals surface area contributed by atoms with E-state index in [4.69, 9.17) is 5.73 Å². The number of rotatable bonds is 4. The van der Waals surface area contributed by atoms with E-state index >= 15 is 0 Å². The minimum atomic E-state index is 0.745. The van der Waals surface area contributed by atoms with E-state index in [1.54, 1.807) is 12.4 Å². The Balaban J connectivity index is 2.30. The van der Waals surface area contributed by atoms with Gasteiger partial charge in [-0.25, -0.2) is 4.98 Å². The molecule has 0 amide bonds. The average Bonchev–Trinajstić information content (AvgIpc) is 2.84. The van der Waals surface area contributed by atoms with E-state index in [-0.39, 0.29) is 0 Å². The van der Waals surface area contributed by atoms with Crippen LogP contribution >= 0.6 is 11.8 Å². The van der Waals surface area contributed by atoms with Crippen molar-refractivity contribution in [3.8, 4) is 0 Å². The Morgan fingerprint density at radius 2 is 2.38 bits per heavy atom. The highest BCUT2D eigenvalue weighted by Crippen LogP contribution is 2.31. The Morgan fingerprint density at radius 1 is 1.56 bits per heavy atom. The lowest BCUT2D eigenvalue weighted by Gasteiger charge is -2.04. The molecule has 86 valence electrons. The molecule has 0 aromatic carbocycles. The molecule has 2 rings (SSSR count). The maximum atomic E-state index is 6.00. The number of nitrogens with zero attached hydrogens (tertiary/aromatic N) is 3. The summed E-state index contributed by atoms with van der Waals surface area (Å²) in [6.07, 6.45) is 4.56. The molecule has 0 saturated carbocycles. The number of aromatic nitrogens is 4. The molecule has 5 nitrogen and oxygen atoms in total. The Morgan fingerprint density at radius 3 is 3.00 bits per heavy atom. The molecule has 0 aliphatic heterocycles. The Kier molecular flexibility index (Phi) is 3.19. The summed E-state index contributed by atoms with van der Waals surface area (Å²) in [6, 6.07) is 0. The average molecular weight is 237 g/mol. The van der Waals surface area contributed by atoms with Crippen LogP contribution in [0.15, 0.2) is 22.6 Å². The van der Waals surface area contributed by atoms with Gasteiger partial charge in [-0.05, 0) is 25.1 Å². The highest BCUT2D eigenvalue weighted by molar-refractivity contribution is 7.99. The van der Waals surface area contributed by atoms with Crippen LogP contribution in [0.4, 0.5) is 5.69 Å². The van der Waals surface area contributed by atoms with Crippen molar-refractivity contribution in [2.24, 2.45) is 0 Å². The molecule has 6 heteroatoms. The van der Waals surface area contributed by atoms with Gasteiger partial charge in [-0.2, -0.15) is 5.10 Å². The van der Waals surface area contributed by atoms with Crippen molar-refractivity contribution in [3.63, 3.8) is 0 Å². The van der Waals surface area contributed by atoms with Gasteiger partial charge in [0.25, 0.3) is 0 Å². The number of anilines is 1. The van der Waals surface area contributed by atoms with Crippen molar-refractivity contribution < 1.29 is 0 Å². The molecular formula is C10H15N5S. The third-order valence-electron chi connectivity index (χ3n) is 2.23. The minimum absolute atomic E-state index is 0.745. The van der Waals surface area contributed by atoms with Crippen molar-refractivity contribution in [1.29, 1.82) is 0 Å². The summed E-state index contributed by atoms with van der Waals surface area (Å²) in [5, 5.41) is 6.21. The highest BCUT2D eigenvalue weighted by atomic mass is 32.2. The number of imidazole rings is 1. The van der Waals surface area contributed by atoms with Crippen molar-refractivity contribution in [2.45, 2.75) is 37.0 Å². The van der Waals surface area contributed by atoms with Crippen LogP contribution in [0.2, 0.25) is 0 Å². The van der Waals surface area contributed by atoms with E-state index in [9.17, 15) is 0 Å². The molecule has 2 aromatic heterocycles.